The van der Waals surface area contributed by atoms with Gasteiger partial charge in [0, 0.05) is 54.9 Å². The Morgan fingerprint density at radius 2 is 1.69 bits per heavy atom. The monoisotopic (exact) mass is 482 g/mol. The molecule has 2 N–H and O–H groups in total. The fourth-order valence-electron chi connectivity index (χ4n) is 4.58. The zero-order valence-corrected chi connectivity index (χ0v) is 19.7. The van der Waals surface area contributed by atoms with Crippen molar-refractivity contribution in [2.75, 3.05) is 48.0 Å². The third-order valence-corrected chi connectivity index (χ3v) is 6.38. The maximum atomic E-state index is 11.6. The van der Waals surface area contributed by atoms with Gasteiger partial charge in [0.15, 0.2) is 5.82 Å². The molecule has 5 heterocycles. The zero-order valence-electron chi connectivity index (χ0n) is 19.7. The molecule has 0 bridgehead atoms. The van der Waals surface area contributed by atoms with Gasteiger partial charge in [-0.05, 0) is 42.8 Å². The number of nitrogens with zero attached hydrogens (tertiary/aromatic N) is 6. The van der Waals surface area contributed by atoms with Crippen LogP contribution in [0.3, 0.4) is 0 Å². The van der Waals surface area contributed by atoms with Gasteiger partial charge in [0.25, 0.3) is 0 Å². The van der Waals surface area contributed by atoms with Crippen molar-refractivity contribution in [2.24, 2.45) is 0 Å². The predicted molar refractivity (Wildman–Crippen MR) is 138 cm³/mol. The Morgan fingerprint density at radius 1 is 0.889 bits per heavy atom. The molecule has 0 radical (unpaired) electrons. The zero-order chi connectivity index (χ0) is 24.3. The highest BCUT2D eigenvalue weighted by atomic mass is 16.5. The van der Waals surface area contributed by atoms with E-state index in [-0.39, 0.29) is 5.56 Å². The highest BCUT2D eigenvalue weighted by Gasteiger charge is 2.27. The van der Waals surface area contributed by atoms with E-state index in [0.717, 1.165) is 48.8 Å². The first-order chi connectivity index (χ1) is 17.7. The first kappa shape index (κ1) is 22.2. The Hall–Kier alpha value is -4.31. The lowest BCUT2D eigenvalue weighted by atomic mass is 10.0. The van der Waals surface area contributed by atoms with Crippen LogP contribution in [0.25, 0.3) is 11.4 Å². The van der Waals surface area contributed by atoms with Crippen LogP contribution in [0.1, 0.15) is 11.3 Å². The number of nitrogens with one attached hydrogen (secondary N) is 2. The average Bonchev–Trinajstić information content (AvgIpc) is 2.93. The molecular weight excluding hydrogens is 456 g/mol. The van der Waals surface area contributed by atoms with Crippen LogP contribution in [0.4, 0.5) is 23.3 Å². The minimum absolute atomic E-state index is 0.148. The van der Waals surface area contributed by atoms with Gasteiger partial charge in [-0.2, -0.15) is 0 Å². The number of aromatic amines is 1. The van der Waals surface area contributed by atoms with Crippen molar-refractivity contribution in [2.45, 2.75) is 13.0 Å². The quantitative estimate of drug-likeness (QED) is 0.443. The van der Waals surface area contributed by atoms with Gasteiger partial charge in [0.1, 0.15) is 11.6 Å². The molecular formula is C26H26N8O2. The van der Waals surface area contributed by atoms with E-state index >= 15 is 0 Å². The highest BCUT2D eigenvalue weighted by molar-refractivity contribution is 5.66. The number of rotatable bonds is 5. The third-order valence-electron chi connectivity index (χ3n) is 6.38. The largest absolute Gasteiger partial charge is 0.378 e. The standard InChI is InChI=1S/C26H26N8O2/c35-23-4-1-3-22(31-23)29-19-7-5-18(6-8-19)24-30-21-17-34(26-27-10-2-11-28-26)12-9-20(21)25(32-24)33-13-15-36-16-14-33/h1-8,10-11H,9,12-17H2,(H2,29,31,35). The van der Waals surface area contributed by atoms with E-state index in [1.165, 1.54) is 11.6 Å². The van der Waals surface area contributed by atoms with Crippen LogP contribution in [0.5, 0.6) is 0 Å². The third kappa shape index (κ3) is 4.63. The van der Waals surface area contributed by atoms with Crippen LogP contribution < -0.4 is 20.7 Å². The lowest BCUT2D eigenvalue weighted by molar-refractivity contribution is 0.122. The molecule has 1 fully saturated rings. The SMILES string of the molecule is O=c1cccc(Nc2ccc(-c3nc4c(c(N5CCOCC5)n3)CCN(c3ncccn3)C4)cc2)[nH]1. The lowest BCUT2D eigenvalue weighted by Gasteiger charge is -2.34. The maximum Gasteiger partial charge on any atom is 0.249 e. The van der Waals surface area contributed by atoms with Crippen LogP contribution in [-0.4, -0.2) is 57.8 Å². The summed E-state index contributed by atoms with van der Waals surface area (Å²) in [6.45, 7) is 4.46. The second-order valence-electron chi connectivity index (χ2n) is 8.75. The molecule has 1 saturated heterocycles. The van der Waals surface area contributed by atoms with Gasteiger partial charge < -0.3 is 24.8 Å². The van der Waals surface area contributed by atoms with Crippen LogP contribution in [-0.2, 0) is 17.7 Å². The van der Waals surface area contributed by atoms with E-state index in [4.69, 9.17) is 14.7 Å². The van der Waals surface area contributed by atoms with Crippen LogP contribution in [0.2, 0.25) is 0 Å². The number of aromatic nitrogens is 5. The van der Waals surface area contributed by atoms with Crippen molar-refractivity contribution < 1.29 is 4.74 Å². The number of fused-ring (bicyclic) bond motifs is 1. The Labute approximate surface area is 208 Å². The Kier molecular flexibility index (Phi) is 6.00. The molecule has 2 aliphatic rings. The topological polar surface area (TPSA) is 112 Å². The van der Waals surface area contributed by atoms with Crippen molar-refractivity contribution in [1.82, 2.24) is 24.9 Å². The summed E-state index contributed by atoms with van der Waals surface area (Å²) in [6, 6.07) is 14.8. The molecule has 0 aliphatic carbocycles. The Balaban J connectivity index is 1.33. The van der Waals surface area contributed by atoms with E-state index in [2.05, 4.69) is 30.1 Å². The number of morpholine rings is 1. The predicted octanol–water partition coefficient (Wildman–Crippen LogP) is 2.76. The van der Waals surface area contributed by atoms with Crippen molar-refractivity contribution in [3.8, 4) is 11.4 Å². The smallest absolute Gasteiger partial charge is 0.249 e. The molecule has 10 heteroatoms. The summed E-state index contributed by atoms with van der Waals surface area (Å²) in [5, 5.41) is 3.22. The first-order valence-corrected chi connectivity index (χ1v) is 12.0. The number of H-pyrrole nitrogens is 1. The summed E-state index contributed by atoms with van der Waals surface area (Å²) in [5.74, 6) is 3.03. The van der Waals surface area contributed by atoms with Gasteiger partial charge in [0.05, 0.1) is 25.5 Å². The number of hydrogen-bond acceptors (Lipinski definition) is 9. The average molecular weight is 483 g/mol. The number of pyridine rings is 1. The van der Waals surface area contributed by atoms with Gasteiger partial charge in [-0.25, -0.2) is 19.9 Å². The molecule has 0 atom stereocenters. The number of anilines is 4. The fraction of sp³-hybridized carbons (Fsp3) is 0.269. The molecule has 6 rings (SSSR count). The van der Waals surface area contributed by atoms with Crippen molar-refractivity contribution in [1.29, 1.82) is 0 Å². The second-order valence-corrected chi connectivity index (χ2v) is 8.75. The molecule has 36 heavy (non-hydrogen) atoms. The van der Waals surface area contributed by atoms with Crippen molar-refractivity contribution >= 4 is 23.3 Å². The molecule has 0 saturated carbocycles. The summed E-state index contributed by atoms with van der Waals surface area (Å²) in [4.78, 5) is 37.7. The minimum Gasteiger partial charge on any atom is -0.378 e. The Bertz CT molecular complexity index is 1400. The first-order valence-electron chi connectivity index (χ1n) is 12.0. The molecule has 2 aliphatic heterocycles. The van der Waals surface area contributed by atoms with E-state index in [0.29, 0.717) is 37.3 Å². The molecule has 182 valence electrons. The molecule has 4 aromatic rings. The highest BCUT2D eigenvalue weighted by Crippen LogP contribution is 2.31. The van der Waals surface area contributed by atoms with Crippen molar-refractivity contribution in [3.05, 3.63) is 82.5 Å². The van der Waals surface area contributed by atoms with Gasteiger partial charge in [-0.15, -0.1) is 0 Å². The van der Waals surface area contributed by atoms with Crippen LogP contribution in [0, 0.1) is 0 Å². The van der Waals surface area contributed by atoms with Crippen LogP contribution >= 0.6 is 0 Å². The van der Waals surface area contributed by atoms with E-state index in [1.54, 1.807) is 18.5 Å². The second kappa shape index (κ2) is 9.74. The number of hydrogen-bond donors (Lipinski definition) is 2. The maximum absolute atomic E-state index is 11.6. The molecule has 0 unspecified atom stereocenters. The summed E-state index contributed by atoms with van der Waals surface area (Å²) in [6.07, 6.45) is 4.37. The van der Waals surface area contributed by atoms with Crippen LogP contribution in [0.15, 0.2) is 65.7 Å². The summed E-state index contributed by atoms with van der Waals surface area (Å²) >= 11 is 0. The van der Waals surface area contributed by atoms with Gasteiger partial charge in [-0.3, -0.25) is 4.79 Å². The summed E-state index contributed by atoms with van der Waals surface area (Å²) < 4.78 is 5.59. The molecule has 3 aromatic heterocycles. The van der Waals surface area contributed by atoms with E-state index in [9.17, 15) is 4.79 Å². The normalized spacial score (nSPS) is 15.4. The van der Waals surface area contributed by atoms with E-state index < -0.39 is 0 Å². The van der Waals surface area contributed by atoms with Gasteiger partial charge >= 0.3 is 0 Å². The summed E-state index contributed by atoms with van der Waals surface area (Å²) in [5.41, 5.74) is 3.83. The fourth-order valence-corrected chi connectivity index (χ4v) is 4.58. The van der Waals surface area contributed by atoms with Gasteiger partial charge in [-0.1, -0.05) is 6.07 Å². The van der Waals surface area contributed by atoms with Gasteiger partial charge in [0.2, 0.25) is 11.5 Å². The lowest BCUT2D eigenvalue weighted by Crippen LogP contribution is -2.39. The molecule has 0 amide bonds. The minimum atomic E-state index is -0.148. The number of ether oxygens (including phenoxy) is 1. The molecule has 10 nitrogen and oxygen atoms in total. The number of benzene rings is 1. The van der Waals surface area contributed by atoms with Crippen molar-refractivity contribution in [3.63, 3.8) is 0 Å². The summed E-state index contributed by atoms with van der Waals surface area (Å²) in [7, 11) is 0. The van der Waals surface area contributed by atoms with E-state index in [1.807, 2.05) is 36.4 Å². The molecule has 1 aromatic carbocycles. The molecule has 0 spiro atoms. The Morgan fingerprint density at radius 3 is 2.47 bits per heavy atom.